The molecule has 66 heavy (non-hydrogen) atoms. The molecule has 0 saturated heterocycles. The predicted molar refractivity (Wildman–Crippen MR) is 249 cm³/mol. The van der Waals surface area contributed by atoms with Crippen LogP contribution in [0.5, 0.6) is 11.5 Å². The van der Waals surface area contributed by atoms with Crippen molar-refractivity contribution >= 4 is 29.5 Å². The number of nitrogens with two attached hydrogens (primary N) is 3. The summed E-state index contributed by atoms with van der Waals surface area (Å²) in [5.41, 5.74) is 22.6. The van der Waals surface area contributed by atoms with Crippen molar-refractivity contribution in [1.82, 2.24) is 36.1 Å². The van der Waals surface area contributed by atoms with Gasteiger partial charge in [-0.2, -0.15) is 5.26 Å². The van der Waals surface area contributed by atoms with E-state index in [0.29, 0.717) is 56.9 Å². The number of ether oxygens (including phenoxy) is 2. The third kappa shape index (κ3) is 12.4. The monoisotopic (exact) mass is 903 g/mol. The maximum absolute atomic E-state index is 14.7. The third-order valence-electron chi connectivity index (χ3n) is 11.0. The molecule has 18 nitrogen and oxygen atoms in total. The van der Waals surface area contributed by atoms with Crippen molar-refractivity contribution < 1.29 is 33.4 Å². The molecule has 5 amide bonds. The first-order valence-corrected chi connectivity index (χ1v) is 22.0. The summed E-state index contributed by atoms with van der Waals surface area (Å²) in [4.78, 5) is 81.0. The van der Waals surface area contributed by atoms with Gasteiger partial charge in [0.1, 0.15) is 55.4 Å². The van der Waals surface area contributed by atoms with Crippen LogP contribution >= 0.6 is 0 Å². The van der Waals surface area contributed by atoms with Crippen LogP contribution in [-0.2, 0) is 32.0 Å². The lowest BCUT2D eigenvalue weighted by atomic mass is 9.93. The van der Waals surface area contributed by atoms with Crippen LogP contribution in [0, 0.1) is 31.1 Å². The Hall–Kier alpha value is -6.94. The van der Waals surface area contributed by atoms with Crippen molar-refractivity contribution in [3.05, 3.63) is 94.3 Å². The van der Waals surface area contributed by atoms with E-state index in [2.05, 4.69) is 45.1 Å². The Balaban J connectivity index is 1.56. The molecule has 0 radical (unpaired) electrons. The number of carbonyl (C=O) groups is 5. The average Bonchev–Trinajstić information content (AvgIpc) is 3.28. The van der Waals surface area contributed by atoms with E-state index in [-0.39, 0.29) is 57.8 Å². The zero-order valence-electron chi connectivity index (χ0n) is 38.4. The van der Waals surface area contributed by atoms with Gasteiger partial charge < -0.3 is 52.8 Å². The molecule has 1 aromatic heterocycles. The Morgan fingerprint density at radius 1 is 0.879 bits per heavy atom. The van der Waals surface area contributed by atoms with Crippen molar-refractivity contribution in [3.63, 3.8) is 0 Å². The normalized spacial score (nSPS) is 16.5. The standard InChI is InChI=1S/C48H61N11O7/c1-27(2)23-31-7-10-33(11-8-31)43-54-28(3)41(29(4)55-43)46(62)57-37(15-16-49)48(64)59(6)42-34-12-14-40(66-22-19-52)36(26-34)35-24-32(9-13-39(35)65-21-18-51)25-38(45(61)53-20-17-50)58-44(60)30(5)56-47(42)63/h7-14,24,26-27,30,37-38,42H,15-16,18-23,25,49,51-52H2,1-6H3,(H,53,61)(H,56,63)(H,57,62)(H,58,60). The van der Waals surface area contributed by atoms with Crippen LogP contribution in [0.15, 0.2) is 60.7 Å². The van der Waals surface area contributed by atoms with Gasteiger partial charge in [-0.3, -0.25) is 24.0 Å². The molecular formula is C48H61N11O7. The van der Waals surface area contributed by atoms with E-state index in [1.165, 1.54) is 24.4 Å². The van der Waals surface area contributed by atoms with Crippen molar-refractivity contribution in [1.29, 1.82) is 5.26 Å². The van der Waals surface area contributed by atoms with E-state index in [1.807, 2.05) is 30.3 Å². The molecule has 10 N–H and O–H groups in total. The summed E-state index contributed by atoms with van der Waals surface area (Å²) in [7, 11) is 1.42. The number of likely N-dealkylation sites (N-methyl/N-ethyl adjacent to an activating group) is 1. The first-order chi connectivity index (χ1) is 31.6. The maximum atomic E-state index is 14.7. The topological polar surface area (TPSA) is 283 Å². The van der Waals surface area contributed by atoms with Gasteiger partial charge in [-0.25, -0.2) is 9.97 Å². The number of carbonyl (C=O) groups excluding carboxylic acids is 5. The Kier molecular flexibility index (Phi) is 17.7. The number of hydrogen-bond acceptors (Lipinski definition) is 13. The second-order valence-electron chi connectivity index (χ2n) is 16.6. The summed E-state index contributed by atoms with van der Waals surface area (Å²) in [6.45, 7) is 9.52. The quantitative estimate of drug-likeness (QED) is 0.0749. The second kappa shape index (κ2) is 23.3. The molecule has 3 aromatic carbocycles. The number of hydrogen-bond donors (Lipinski definition) is 7. The number of aryl methyl sites for hydroxylation is 2. The number of nitriles is 1. The summed E-state index contributed by atoms with van der Waals surface area (Å²) in [5, 5.41) is 19.9. The van der Waals surface area contributed by atoms with Crippen LogP contribution < -0.4 is 47.9 Å². The van der Waals surface area contributed by atoms with E-state index >= 15 is 0 Å². The summed E-state index contributed by atoms with van der Waals surface area (Å²) in [5.74, 6) is -1.61. The van der Waals surface area contributed by atoms with Gasteiger partial charge >= 0.3 is 0 Å². The molecule has 4 bridgehead atoms. The molecule has 5 rings (SSSR count). The molecule has 4 atom stereocenters. The Labute approximate surface area is 385 Å². The van der Waals surface area contributed by atoms with Gasteiger partial charge in [0.15, 0.2) is 5.82 Å². The maximum Gasteiger partial charge on any atom is 0.255 e. The highest BCUT2D eigenvalue weighted by atomic mass is 16.5. The SMILES string of the molecule is Cc1nc(-c2ccc(CC(C)C)cc2)nc(C)c1C(=O)NC(CCN)C(=O)N(C)C1C(=O)NC(C)C(=O)NC(C(=O)NCC#N)Cc2ccc(OCCN)c(c2)-c2cc1ccc2OCCN. The molecular weight excluding hydrogens is 843 g/mol. The molecule has 0 saturated carbocycles. The van der Waals surface area contributed by atoms with E-state index in [4.69, 9.17) is 31.9 Å². The largest absolute Gasteiger partial charge is 0.492 e. The molecule has 4 unspecified atom stereocenters. The minimum atomic E-state index is -1.40. The van der Waals surface area contributed by atoms with Gasteiger partial charge in [-0.1, -0.05) is 50.2 Å². The van der Waals surface area contributed by atoms with Crippen molar-refractivity contribution in [2.45, 2.75) is 78.0 Å². The van der Waals surface area contributed by atoms with Crippen molar-refractivity contribution in [2.75, 3.05) is 46.4 Å². The lowest BCUT2D eigenvalue weighted by Gasteiger charge is -2.32. The summed E-state index contributed by atoms with van der Waals surface area (Å²) in [6.07, 6.45) is 0.939. The van der Waals surface area contributed by atoms with E-state index in [0.717, 1.165) is 12.0 Å². The Morgan fingerprint density at radius 3 is 2.09 bits per heavy atom. The van der Waals surface area contributed by atoms with Crippen LogP contribution in [-0.4, -0.2) is 109 Å². The van der Waals surface area contributed by atoms with Gasteiger partial charge in [-0.05, 0) is 87.0 Å². The number of amides is 5. The number of fused-ring (bicyclic) bond motifs is 5. The zero-order chi connectivity index (χ0) is 48.1. The molecule has 1 aliphatic rings. The van der Waals surface area contributed by atoms with Gasteiger partial charge in [0, 0.05) is 43.2 Å². The lowest BCUT2D eigenvalue weighted by molar-refractivity contribution is -0.141. The molecule has 1 aliphatic heterocycles. The van der Waals surface area contributed by atoms with E-state index in [9.17, 15) is 24.0 Å². The number of nitrogens with one attached hydrogen (secondary N) is 4. The molecule has 18 heteroatoms. The van der Waals surface area contributed by atoms with Gasteiger partial charge in [0.2, 0.25) is 23.6 Å². The number of rotatable bonds is 17. The number of aromatic nitrogens is 2. The summed E-state index contributed by atoms with van der Waals surface area (Å²) >= 11 is 0. The minimum absolute atomic E-state index is 0.00115. The van der Waals surface area contributed by atoms with Crippen LogP contribution in [0.4, 0.5) is 0 Å². The Morgan fingerprint density at radius 2 is 1.50 bits per heavy atom. The molecule has 4 aromatic rings. The number of benzene rings is 3. The van der Waals surface area contributed by atoms with Crippen molar-refractivity contribution in [2.24, 2.45) is 23.1 Å². The minimum Gasteiger partial charge on any atom is -0.492 e. The van der Waals surface area contributed by atoms with Crippen LogP contribution in [0.2, 0.25) is 0 Å². The number of nitrogens with zero attached hydrogens (tertiary/aromatic N) is 4. The third-order valence-corrected chi connectivity index (χ3v) is 11.0. The highest BCUT2D eigenvalue weighted by molar-refractivity contribution is 6.00. The summed E-state index contributed by atoms with van der Waals surface area (Å²) in [6, 6.07) is 15.0. The van der Waals surface area contributed by atoms with E-state index in [1.54, 1.807) is 50.2 Å². The molecule has 2 heterocycles. The fourth-order valence-electron chi connectivity index (χ4n) is 7.80. The first kappa shape index (κ1) is 50.1. The zero-order valence-corrected chi connectivity index (χ0v) is 38.4. The lowest BCUT2D eigenvalue weighted by Crippen LogP contribution is -2.56. The summed E-state index contributed by atoms with van der Waals surface area (Å²) < 4.78 is 12.2. The molecule has 0 aliphatic carbocycles. The van der Waals surface area contributed by atoms with Crippen LogP contribution in [0.3, 0.4) is 0 Å². The molecule has 0 spiro atoms. The van der Waals surface area contributed by atoms with Crippen molar-refractivity contribution in [3.8, 4) is 40.1 Å². The van der Waals surface area contributed by atoms with E-state index < -0.39 is 53.7 Å². The van der Waals surface area contributed by atoms with Crippen LogP contribution in [0.1, 0.15) is 71.7 Å². The van der Waals surface area contributed by atoms with Gasteiger partial charge in [0.25, 0.3) is 5.91 Å². The molecule has 350 valence electrons. The van der Waals surface area contributed by atoms with Crippen LogP contribution in [0.25, 0.3) is 22.5 Å². The first-order valence-electron chi connectivity index (χ1n) is 22.0. The average molecular weight is 904 g/mol. The van der Waals surface area contributed by atoms with Gasteiger partial charge in [-0.15, -0.1) is 0 Å². The highest BCUT2D eigenvalue weighted by Crippen LogP contribution is 2.40. The highest BCUT2D eigenvalue weighted by Gasteiger charge is 2.36. The Bertz CT molecular complexity index is 2410. The van der Waals surface area contributed by atoms with Gasteiger partial charge in [0.05, 0.1) is 23.0 Å². The fraction of sp³-hybridized carbons (Fsp3) is 0.417. The fourth-order valence-corrected chi connectivity index (χ4v) is 7.80. The predicted octanol–water partition coefficient (Wildman–Crippen LogP) is 2.13. The second-order valence-corrected chi connectivity index (χ2v) is 16.6. The smallest absolute Gasteiger partial charge is 0.255 e. The molecule has 0 fully saturated rings.